The third-order valence-electron chi connectivity index (χ3n) is 6.78. The van der Waals surface area contributed by atoms with Gasteiger partial charge < -0.3 is 30.7 Å². The van der Waals surface area contributed by atoms with E-state index in [1.54, 1.807) is 41.5 Å². The molecule has 4 N–H and O–H groups in total. The second-order valence-corrected chi connectivity index (χ2v) is 13.5. The van der Waals surface area contributed by atoms with Gasteiger partial charge in [0.1, 0.15) is 23.3 Å². The molecule has 10 heteroatoms. The first-order valence-electron chi connectivity index (χ1n) is 16.3. The number of alkyl carbamates (subject to hydrolysis) is 2. The molecular formula is C36H54N4O6. The molecule has 2 atom stereocenters. The third kappa shape index (κ3) is 17.4. The van der Waals surface area contributed by atoms with Gasteiger partial charge in [0.25, 0.3) is 0 Å². The maximum absolute atomic E-state index is 12.9. The van der Waals surface area contributed by atoms with Gasteiger partial charge in [0, 0.05) is 25.9 Å². The number of unbranched alkanes of at least 4 members (excludes halogenated alkanes) is 5. The highest BCUT2D eigenvalue weighted by molar-refractivity contribution is 5.86. The summed E-state index contributed by atoms with van der Waals surface area (Å²) < 4.78 is 10.7. The summed E-state index contributed by atoms with van der Waals surface area (Å²) >= 11 is 0. The summed E-state index contributed by atoms with van der Waals surface area (Å²) in [6.45, 7) is 11.7. The van der Waals surface area contributed by atoms with Crippen molar-refractivity contribution in [2.45, 2.75) is 116 Å². The van der Waals surface area contributed by atoms with Crippen LogP contribution in [0.4, 0.5) is 9.59 Å². The number of nitrogens with one attached hydrogen (secondary N) is 4. The summed E-state index contributed by atoms with van der Waals surface area (Å²) in [4.78, 5) is 50.6. The molecule has 0 aliphatic carbocycles. The van der Waals surface area contributed by atoms with Crippen LogP contribution in [0.5, 0.6) is 0 Å². The lowest BCUT2D eigenvalue weighted by Gasteiger charge is -2.23. The van der Waals surface area contributed by atoms with E-state index in [1.165, 1.54) is 0 Å². The van der Waals surface area contributed by atoms with Crippen LogP contribution < -0.4 is 21.3 Å². The molecule has 0 bridgehead atoms. The third-order valence-corrected chi connectivity index (χ3v) is 6.78. The maximum Gasteiger partial charge on any atom is 0.408 e. The van der Waals surface area contributed by atoms with Gasteiger partial charge in [-0.2, -0.15) is 0 Å². The number of ether oxygens (including phenoxy) is 2. The fourth-order valence-corrected chi connectivity index (χ4v) is 4.64. The molecule has 0 unspecified atom stereocenters. The Morgan fingerprint density at radius 3 is 1.20 bits per heavy atom. The van der Waals surface area contributed by atoms with Crippen molar-refractivity contribution in [3.05, 3.63) is 71.8 Å². The average Bonchev–Trinajstić information content (AvgIpc) is 2.96. The average molecular weight is 639 g/mol. The summed E-state index contributed by atoms with van der Waals surface area (Å²) in [6, 6.07) is 17.6. The monoisotopic (exact) mass is 638 g/mol. The van der Waals surface area contributed by atoms with Crippen LogP contribution in [0.1, 0.15) is 91.2 Å². The van der Waals surface area contributed by atoms with Gasteiger partial charge in [-0.05, 0) is 65.5 Å². The van der Waals surface area contributed by atoms with Crippen LogP contribution in [0.15, 0.2) is 60.7 Å². The van der Waals surface area contributed by atoms with E-state index in [0.717, 1.165) is 49.7 Å². The van der Waals surface area contributed by atoms with E-state index in [-0.39, 0.29) is 11.8 Å². The summed E-state index contributed by atoms with van der Waals surface area (Å²) in [7, 11) is 0. The number of hydrogen-bond donors (Lipinski definition) is 4. The molecule has 2 rings (SSSR count). The van der Waals surface area contributed by atoms with Gasteiger partial charge in [0.05, 0.1) is 0 Å². The predicted octanol–water partition coefficient (Wildman–Crippen LogP) is 5.83. The van der Waals surface area contributed by atoms with Crippen LogP contribution in [-0.2, 0) is 31.9 Å². The minimum atomic E-state index is -0.737. The summed E-state index contributed by atoms with van der Waals surface area (Å²) in [6.07, 6.45) is 5.06. The highest BCUT2D eigenvalue weighted by Gasteiger charge is 2.26. The molecule has 0 fully saturated rings. The molecule has 4 amide bonds. The minimum absolute atomic E-state index is 0.239. The first-order valence-corrected chi connectivity index (χ1v) is 16.3. The van der Waals surface area contributed by atoms with Crippen molar-refractivity contribution in [2.24, 2.45) is 0 Å². The summed E-state index contributed by atoms with van der Waals surface area (Å²) in [5.74, 6) is -0.477. The molecule has 10 nitrogen and oxygen atoms in total. The van der Waals surface area contributed by atoms with Gasteiger partial charge in [0.2, 0.25) is 11.8 Å². The quantitative estimate of drug-likeness (QED) is 0.161. The van der Waals surface area contributed by atoms with Gasteiger partial charge in [0.15, 0.2) is 0 Å². The van der Waals surface area contributed by atoms with Gasteiger partial charge in [-0.1, -0.05) is 86.3 Å². The van der Waals surface area contributed by atoms with Crippen molar-refractivity contribution in [1.82, 2.24) is 21.3 Å². The second-order valence-electron chi connectivity index (χ2n) is 13.5. The molecule has 2 aromatic rings. The van der Waals surface area contributed by atoms with Crippen molar-refractivity contribution in [3.8, 4) is 0 Å². The highest BCUT2D eigenvalue weighted by Crippen LogP contribution is 2.11. The Morgan fingerprint density at radius 2 is 0.870 bits per heavy atom. The minimum Gasteiger partial charge on any atom is -0.444 e. The van der Waals surface area contributed by atoms with E-state index in [0.29, 0.717) is 25.9 Å². The number of hydrogen-bond acceptors (Lipinski definition) is 6. The molecule has 0 spiro atoms. The molecule has 254 valence electrons. The molecule has 0 saturated carbocycles. The Balaban J connectivity index is 1.68. The first kappa shape index (κ1) is 38.1. The Bertz CT molecular complexity index is 1110. The number of amides is 4. The van der Waals surface area contributed by atoms with Crippen molar-refractivity contribution in [2.75, 3.05) is 13.1 Å². The molecule has 0 aliphatic heterocycles. The zero-order valence-electron chi connectivity index (χ0n) is 28.4. The molecule has 2 aromatic carbocycles. The van der Waals surface area contributed by atoms with E-state index >= 15 is 0 Å². The van der Waals surface area contributed by atoms with Crippen LogP contribution in [0.25, 0.3) is 0 Å². The number of benzene rings is 2. The van der Waals surface area contributed by atoms with Gasteiger partial charge in [-0.3, -0.25) is 9.59 Å². The highest BCUT2D eigenvalue weighted by atomic mass is 16.6. The first-order chi connectivity index (χ1) is 21.7. The lowest BCUT2D eigenvalue weighted by atomic mass is 10.1. The topological polar surface area (TPSA) is 135 Å². The van der Waals surface area contributed by atoms with Gasteiger partial charge in [-0.25, -0.2) is 9.59 Å². The Kier molecular flexibility index (Phi) is 16.1. The lowest BCUT2D eigenvalue weighted by Crippen LogP contribution is -2.49. The van der Waals surface area contributed by atoms with E-state index < -0.39 is 35.5 Å². The van der Waals surface area contributed by atoms with E-state index in [4.69, 9.17) is 9.47 Å². The van der Waals surface area contributed by atoms with Crippen molar-refractivity contribution in [3.63, 3.8) is 0 Å². The van der Waals surface area contributed by atoms with Crippen LogP contribution in [0, 0.1) is 0 Å². The molecule has 46 heavy (non-hydrogen) atoms. The molecule has 0 aromatic heterocycles. The normalized spacial score (nSPS) is 12.7. The van der Waals surface area contributed by atoms with Crippen LogP contribution in [-0.4, -0.2) is 60.4 Å². The fourth-order valence-electron chi connectivity index (χ4n) is 4.64. The summed E-state index contributed by atoms with van der Waals surface area (Å²) in [5, 5.41) is 11.3. The van der Waals surface area contributed by atoms with Crippen LogP contribution >= 0.6 is 0 Å². The molecule has 0 aliphatic rings. The zero-order chi connectivity index (χ0) is 34.0. The van der Waals surface area contributed by atoms with Crippen LogP contribution in [0.2, 0.25) is 0 Å². The van der Waals surface area contributed by atoms with E-state index in [2.05, 4.69) is 21.3 Å². The van der Waals surface area contributed by atoms with E-state index in [1.807, 2.05) is 60.7 Å². The van der Waals surface area contributed by atoms with Gasteiger partial charge >= 0.3 is 12.2 Å². The standard InChI is InChI=1S/C36H54N4O6/c1-35(2,3)45-33(43)39-29(25-27-19-13-11-14-20-27)31(41)37-23-17-9-7-8-10-18-24-38-32(42)30(26-28-21-15-12-16-22-28)40-34(44)46-36(4,5)6/h11-16,19-22,29-30H,7-10,17-18,23-26H2,1-6H3,(H,37,41)(H,38,42)(H,39,43)(H,40,44)/t29-,30-/m0/s1. The Morgan fingerprint density at radius 1 is 0.543 bits per heavy atom. The largest absolute Gasteiger partial charge is 0.444 e. The smallest absolute Gasteiger partial charge is 0.408 e. The maximum atomic E-state index is 12.9. The van der Waals surface area contributed by atoms with E-state index in [9.17, 15) is 19.2 Å². The number of carbonyl (C=O) groups excluding carboxylic acids is 4. The Hall–Kier alpha value is -4.08. The van der Waals surface area contributed by atoms with Crippen molar-refractivity contribution >= 4 is 24.0 Å². The fraction of sp³-hybridized carbons (Fsp3) is 0.556. The summed E-state index contributed by atoms with van der Waals surface area (Å²) in [5.41, 5.74) is 0.572. The molecule has 0 saturated heterocycles. The zero-order valence-corrected chi connectivity index (χ0v) is 28.4. The molecular weight excluding hydrogens is 584 g/mol. The van der Waals surface area contributed by atoms with Crippen LogP contribution in [0.3, 0.4) is 0 Å². The Labute approximate surface area is 274 Å². The second kappa shape index (κ2) is 19.4. The van der Waals surface area contributed by atoms with Crippen molar-refractivity contribution in [1.29, 1.82) is 0 Å². The SMILES string of the molecule is CC(C)(C)OC(=O)N[C@@H](Cc1ccccc1)C(=O)NCCCCCCCCNC(=O)[C@H](Cc1ccccc1)NC(=O)OC(C)(C)C. The number of rotatable bonds is 17. The number of carbonyl (C=O) groups is 4. The molecule has 0 radical (unpaired) electrons. The van der Waals surface area contributed by atoms with Crippen molar-refractivity contribution < 1.29 is 28.7 Å². The lowest BCUT2D eigenvalue weighted by molar-refractivity contribution is -0.123. The predicted molar refractivity (Wildman–Crippen MR) is 180 cm³/mol. The molecule has 0 heterocycles. The van der Waals surface area contributed by atoms with Gasteiger partial charge in [-0.15, -0.1) is 0 Å².